The van der Waals surface area contributed by atoms with Crippen molar-refractivity contribution < 1.29 is 59.5 Å². The van der Waals surface area contributed by atoms with Gasteiger partial charge in [0.15, 0.2) is 23.0 Å². The van der Waals surface area contributed by atoms with Crippen molar-refractivity contribution in [3.63, 3.8) is 0 Å². The molecule has 1 saturated heterocycles. The highest BCUT2D eigenvalue weighted by atomic mass is 16.6. The van der Waals surface area contributed by atoms with Crippen LogP contribution in [0.1, 0.15) is 22.0 Å². The fraction of sp³-hybridized carbons (Fsp3) is 0.214. The number of aliphatic hydroxyl groups is 3. The minimum atomic E-state index is -1.87. The predicted octanol–water partition coefficient (Wildman–Crippen LogP) is 1.37. The highest BCUT2D eigenvalue weighted by Crippen LogP contribution is 2.46. The minimum absolute atomic E-state index is 0.0482. The van der Waals surface area contributed by atoms with Crippen LogP contribution in [0.2, 0.25) is 0 Å². The van der Waals surface area contributed by atoms with Crippen molar-refractivity contribution in [3.8, 4) is 40.1 Å². The van der Waals surface area contributed by atoms with Crippen molar-refractivity contribution in [2.45, 2.75) is 30.5 Å². The molecule has 5 rings (SSSR count). The largest absolute Gasteiger partial charge is 0.508 e. The van der Waals surface area contributed by atoms with E-state index in [1.54, 1.807) is 0 Å². The van der Waals surface area contributed by atoms with E-state index in [0.29, 0.717) is 0 Å². The van der Waals surface area contributed by atoms with Crippen LogP contribution in [0.25, 0.3) is 22.3 Å². The van der Waals surface area contributed by atoms with Crippen LogP contribution in [0.5, 0.6) is 28.7 Å². The number of hydrogen-bond acceptors (Lipinski definition) is 13. The molecule has 41 heavy (non-hydrogen) atoms. The van der Waals surface area contributed by atoms with Crippen molar-refractivity contribution in [3.05, 3.63) is 75.9 Å². The molecule has 4 aromatic rings. The summed E-state index contributed by atoms with van der Waals surface area (Å²) in [6.07, 6.45) is -8.50. The number of aromatic hydroxyl groups is 5. The molecule has 2 heterocycles. The molecule has 0 unspecified atom stereocenters. The average molecular weight is 568 g/mol. The van der Waals surface area contributed by atoms with Crippen molar-refractivity contribution in [1.82, 2.24) is 0 Å². The molecular formula is C28H24O13. The molecule has 8 N–H and O–H groups in total. The Morgan fingerprint density at radius 3 is 2.22 bits per heavy atom. The molecule has 13 nitrogen and oxygen atoms in total. The van der Waals surface area contributed by atoms with E-state index in [-0.39, 0.29) is 28.2 Å². The lowest BCUT2D eigenvalue weighted by Gasteiger charge is -2.42. The summed E-state index contributed by atoms with van der Waals surface area (Å²) in [5, 5.41) is 81.5. The summed E-state index contributed by atoms with van der Waals surface area (Å²) in [4.78, 5) is 25.9. The number of esters is 1. The summed E-state index contributed by atoms with van der Waals surface area (Å²) in [5.41, 5.74) is -1.42. The molecule has 1 fully saturated rings. The highest BCUT2D eigenvalue weighted by Gasteiger charge is 2.49. The van der Waals surface area contributed by atoms with Gasteiger partial charge in [0.1, 0.15) is 58.4 Å². The first-order valence-electron chi connectivity index (χ1n) is 12.2. The average Bonchev–Trinajstić information content (AvgIpc) is 2.93. The first kappa shape index (κ1) is 27.7. The fourth-order valence-electron chi connectivity index (χ4n) is 4.65. The second-order valence-corrected chi connectivity index (χ2v) is 9.39. The number of ether oxygens (including phenoxy) is 2. The third kappa shape index (κ3) is 4.98. The van der Waals surface area contributed by atoms with Crippen LogP contribution < -0.4 is 5.43 Å². The van der Waals surface area contributed by atoms with E-state index in [2.05, 4.69) is 0 Å². The van der Waals surface area contributed by atoms with Crippen LogP contribution in [0.3, 0.4) is 0 Å². The topological polar surface area (TPSA) is 228 Å². The Kier molecular flexibility index (Phi) is 7.19. The summed E-state index contributed by atoms with van der Waals surface area (Å²) in [6.45, 7) is -0.798. The van der Waals surface area contributed by atoms with Crippen LogP contribution in [-0.2, 0) is 9.47 Å². The number of fused-ring (bicyclic) bond motifs is 1. The monoisotopic (exact) mass is 568 g/mol. The summed E-state index contributed by atoms with van der Waals surface area (Å²) in [7, 11) is 0. The number of carbonyl (C=O) groups excluding carboxylic acids is 1. The first-order chi connectivity index (χ1) is 19.5. The molecule has 0 bridgehead atoms. The Morgan fingerprint density at radius 1 is 0.854 bits per heavy atom. The van der Waals surface area contributed by atoms with Crippen LogP contribution >= 0.6 is 0 Å². The molecule has 5 atom stereocenters. The maximum atomic E-state index is 13.1. The zero-order valence-electron chi connectivity index (χ0n) is 20.9. The lowest BCUT2D eigenvalue weighted by Crippen LogP contribution is -2.56. The van der Waals surface area contributed by atoms with Gasteiger partial charge in [0, 0.05) is 17.7 Å². The number of benzene rings is 3. The van der Waals surface area contributed by atoms with E-state index in [1.807, 2.05) is 0 Å². The van der Waals surface area contributed by atoms with Crippen LogP contribution in [-0.4, -0.2) is 77.8 Å². The SMILES string of the molecule is O=C(O[C@@H]1[C@@H](O)[C@H](O)[C@@H](CO)O[C@H]1c1c(O)cc2oc(-c3ccc(O)c(O)c3)cc(=O)c2c1O)c1ccc(O)cc1. The molecule has 1 aromatic heterocycles. The molecule has 0 radical (unpaired) electrons. The Bertz CT molecular complexity index is 1680. The molecule has 0 saturated carbocycles. The van der Waals surface area contributed by atoms with Gasteiger partial charge >= 0.3 is 5.97 Å². The van der Waals surface area contributed by atoms with E-state index >= 15 is 0 Å². The second-order valence-electron chi connectivity index (χ2n) is 9.39. The zero-order valence-corrected chi connectivity index (χ0v) is 20.9. The summed E-state index contributed by atoms with van der Waals surface area (Å²) < 4.78 is 16.7. The van der Waals surface area contributed by atoms with E-state index in [4.69, 9.17) is 13.9 Å². The number of phenols is 5. The second kappa shape index (κ2) is 10.6. The van der Waals surface area contributed by atoms with E-state index in [9.17, 15) is 50.4 Å². The lowest BCUT2D eigenvalue weighted by atomic mass is 9.89. The highest BCUT2D eigenvalue weighted by molar-refractivity contribution is 5.90. The Morgan fingerprint density at radius 2 is 1.56 bits per heavy atom. The van der Waals surface area contributed by atoms with E-state index in [1.165, 1.54) is 36.4 Å². The maximum Gasteiger partial charge on any atom is 0.338 e. The van der Waals surface area contributed by atoms with Crippen molar-refractivity contribution in [2.75, 3.05) is 6.61 Å². The molecule has 1 aliphatic heterocycles. The smallest absolute Gasteiger partial charge is 0.338 e. The van der Waals surface area contributed by atoms with Gasteiger partial charge in [0.25, 0.3) is 0 Å². The number of phenolic OH excluding ortho intramolecular Hbond substituents is 5. The van der Waals surface area contributed by atoms with Gasteiger partial charge in [0.05, 0.1) is 17.7 Å². The Balaban J connectivity index is 1.60. The van der Waals surface area contributed by atoms with Crippen molar-refractivity contribution in [2.24, 2.45) is 0 Å². The normalized spacial score (nSPS) is 22.5. The van der Waals surface area contributed by atoms with Gasteiger partial charge in [-0.05, 0) is 42.5 Å². The van der Waals surface area contributed by atoms with Gasteiger partial charge in [-0.25, -0.2) is 4.79 Å². The minimum Gasteiger partial charge on any atom is -0.508 e. The molecule has 3 aromatic carbocycles. The number of aliphatic hydroxyl groups excluding tert-OH is 3. The third-order valence-electron chi connectivity index (χ3n) is 6.77. The van der Waals surface area contributed by atoms with Crippen molar-refractivity contribution >= 4 is 16.9 Å². The molecule has 13 heteroatoms. The molecule has 0 amide bonds. The third-order valence-corrected chi connectivity index (χ3v) is 6.77. The first-order valence-corrected chi connectivity index (χ1v) is 12.2. The fourth-order valence-corrected chi connectivity index (χ4v) is 4.65. The van der Waals surface area contributed by atoms with Gasteiger partial charge in [-0.1, -0.05) is 0 Å². The van der Waals surface area contributed by atoms with Gasteiger partial charge in [-0.3, -0.25) is 4.79 Å². The predicted molar refractivity (Wildman–Crippen MR) is 139 cm³/mol. The van der Waals surface area contributed by atoms with Gasteiger partial charge < -0.3 is 54.7 Å². The van der Waals surface area contributed by atoms with Gasteiger partial charge in [-0.2, -0.15) is 0 Å². The summed E-state index contributed by atoms with van der Waals surface area (Å²) >= 11 is 0. The number of hydrogen-bond donors (Lipinski definition) is 8. The quantitative estimate of drug-likeness (QED) is 0.126. The van der Waals surface area contributed by atoms with Crippen molar-refractivity contribution in [1.29, 1.82) is 0 Å². The Labute approximate surface area is 229 Å². The van der Waals surface area contributed by atoms with Gasteiger partial charge in [-0.15, -0.1) is 0 Å². The number of carbonyl (C=O) groups is 1. The van der Waals surface area contributed by atoms with E-state index in [0.717, 1.165) is 18.2 Å². The zero-order chi connectivity index (χ0) is 29.6. The Hall–Kier alpha value is -4.82. The molecule has 214 valence electrons. The maximum absolute atomic E-state index is 13.1. The number of rotatable bonds is 5. The van der Waals surface area contributed by atoms with Crippen LogP contribution in [0.4, 0.5) is 0 Å². The molecule has 1 aliphatic rings. The molecular weight excluding hydrogens is 544 g/mol. The van der Waals surface area contributed by atoms with Gasteiger partial charge in [0.2, 0.25) is 0 Å². The van der Waals surface area contributed by atoms with Crippen LogP contribution in [0.15, 0.2) is 63.8 Å². The standard InChI is InChI=1S/C28H24O13/c29-10-20-23(35)25(37)27(41-28(38)11-1-4-13(30)5-2-11)26(40-20)22-17(34)9-19-21(24(22)36)16(33)8-18(39-19)12-3-6-14(31)15(32)7-12/h1-9,20,23,25-27,29-32,34-37H,10H2/t20-,23-,25+,26+,27-/m1/s1. The van der Waals surface area contributed by atoms with Crippen LogP contribution in [0, 0.1) is 0 Å². The molecule has 0 spiro atoms. The lowest BCUT2D eigenvalue weighted by molar-refractivity contribution is -0.232. The molecule has 0 aliphatic carbocycles. The summed E-state index contributed by atoms with van der Waals surface area (Å²) in [5.74, 6) is -3.65. The summed E-state index contributed by atoms with van der Waals surface area (Å²) in [6, 6.07) is 10.5. The van der Waals surface area contributed by atoms with E-state index < -0.39 is 82.5 Å².